The number of aliphatic hydroxyl groups excluding tert-OH is 1. The molecule has 0 spiro atoms. The Morgan fingerprint density at radius 3 is 2.36 bits per heavy atom. The van der Waals surface area contributed by atoms with Crippen molar-refractivity contribution in [1.82, 2.24) is 0 Å². The Morgan fingerprint density at radius 1 is 0.929 bits per heavy atom. The highest BCUT2D eigenvalue weighted by Crippen LogP contribution is 2.54. The molecule has 0 radical (unpaired) electrons. The second-order valence-electron chi connectivity index (χ2n) is 8.02. The maximum absolute atomic E-state index is 11.5. The van der Waals surface area contributed by atoms with Crippen molar-refractivity contribution < 1.29 is 9.90 Å². The number of carbonyl (C=O) groups excluding carboxylic acids is 1. The van der Waals surface area contributed by atoms with Gasteiger partial charge in [-0.25, -0.2) is 0 Å². The van der Waals surface area contributed by atoms with Gasteiger partial charge in [0.25, 0.3) is 0 Å². The summed E-state index contributed by atoms with van der Waals surface area (Å²) in [6.45, 7) is 0. The zero-order valence-electron chi connectivity index (χ0n) is 15.6. The van der Waals surface area contributed by atoms with E-state index < -0.39 is 6.10 Å². The Morgan fingerprint density at radius 2 is 1.64 bits per heavy atom. The lowest BCUT2D eigenvalue weighted by Gasteiger charge is -2.35. The highest BCUT2D eigenvalue weighted by atomic mass is 16.3. The van der Waals surface area contributed by atoms with Gasteiger partial charge in [-0.15, -0.1) is 0 Å². The number of rotatable bonds is 4. The molecule has 0 aliphatic heterocycles. The molecular weight excluding hydrogens is 344 g/mol. The molecule has 3 aromatic carbocycles. The molecule has 0 bridgehead atoms. The molecule has 138 valence electrons. The molecule has 0 saturated heterocycles. The Balaban J connectivity index is 1.59. The smallest absolute Gasteiger partial charge is 0.150 e. The minimum absolute atomic E-state index is 0.356. The van der Waals surface area contributed by atoms with Crippen LogP contribution in [-0.2, 0) is 19.3 Å². The van der Waals surface area contributed by atoms with Gasteiger partial charge in [-0.2, -0.15) is 0 Å². The fourth-order valence-corrected chi connectivity index (χ4v) is 4.94. The number of aliphatic hydroxyl groups is 1. The van der Waals surface area contributed by atoms with Crippen molar-refractivity contribution in [3.8, 4) is 0 Å². The van der Waals surface area contributed by atoms with E-state index in [0.29, 0.717) is 5.56 Å². The van der Waals surface area contributed by atoms with E-state index in [2.05, 4.69) is 48.5 Å². The third kappa shape index (κ3) is 2.64. The van der Waals surface area contributed by atoms with Crippen LogP contribution in [0, 0.1) is 5.41 Å². The Labute approximate surface area is 165 Å². The first-order valence-electron chi connectivity index (χ1n) is 9.78. The summed E-state index contributed by atoms with van der Waals surface area (Å²) in [5.74, 6) is 0. The van der Waals surface area contributed by atoms with E-state index in [1.54, 1.807) is 0 Å². The number of hydrogen-bond donors (Lipinski definition) is 1. The first kappa shape index (κ1) is 17.2. The highest BCUT2D eigenvalue weighted by Gasteiger charge is 2.48. The zero-order valence-corrected chi connectivity index (χ0v) is 15.6. The molecule has 0 saturated carbocycles. The number of hydrogen-bond acceptors (Lipinski definition) is 2. The minimum atomic E-state index is -0.532. The van der Waals surface area contributed by atoms with Crippen molar-refractivity contribution in [2.45, 2.75) is 25.4 Å². The van der Waals surface area contributed by atoms with Gasteiger partial charge in [0.15, 0.2) is 0 Å². The summed E-state index contributed by atoms with van der Waals surface area (Å²) in [4.78, 5) is 11.0. The van der Waals surface area contributed by atoms with Crippen LogP contribution in [0.2, 0.25) is 0 Å². The molecule has 2 unspecified atom stereocenters. The summed E-state index contributed by atoms with van der Waals surface area (Å²) in [5, 5.41) is 11.5. The molecule has 0 fully saturated rings. The Kier molecular flexibility index (Phi) is 4.03. The fraction of sp³-hybridized carbons (Fsp3) is 0.192. The molecule has 2 aliphatic rings. The summed E-state index contributed by atoms with van der Waals surface area (Å²) in [7, 11) is 0. The lowest BCUT2D eigenvalue weighted by Crippen LogP contribution is -2.31. The van der Waals surface area contributed by atoms with Crippen LogP contribution in [0.15, 0.2) is 78.4 Å². The van der Waals surface area contributed by atoms with Gasteiger partial charge in [0.05, 0.1) is 6.10 Å². The van der Waals surface area contributed by atoms with E-state index in [9.17, 15) is 9.90 Å². The summed E-state index contributed by atoms with van der Waals surface area (Å²) in [5.41, 5.74) is 7.64. The Bertz CT molecular complexity index is 1080. The minimum Gasteiger partial charge on any atom is -0.387 e. The lowest BCUT2D eigenvalue weighted by atomic mass is 9.70. The van der Waals surface area contributed by atoms with Gasteiger partial charge < -0.3 is 5.11 Å². The molecule has 2 atom stereocenters. The van der Waals surface area contributed by atoms with Gasteiger partial charge in [-0.05, 0) is 47.1 Å². The van der Waals surface area contributed by atoms with Gasteiger partial charge in [0.2, 0.25) is 0 Å². The van der Waals surface area contributed by atoms with Crippen LogP contribution in [0.25, 0.3) is 6.08 Å². The Hall–Kier alpha value is -2.97. The molecule has 1 N–H and O–H groups in total. The van der Waals surface area contributed by atoms with Gasteiger partial charge in [-0.1, -0.05) is 84.4 Å². The molecule has 2 aliphatic carbocycles. The van der Waals surface area contributed by atoms with Gasteiger partial charge >= 0.3 is 0 Å². The van der Waals surface area contributed by atoms with Crippen LogP contribution in [0.5, 0.6) is 0 Å². The maximum atomic E-state index is 11.5. The molecule has 0 heterocycles. The van der Waals surface area contributed by atoms with Crippen molar-refractivity contribution in [2.75, 3.05) is 0 Å². The lowest BCUT2D eigenvalue weighted by molar-refractivity contribution is 0.0651. The average Bonchev–Trinajstić information content (AvgIpc) is 3.29. The average molecular weight is 366 g/mol. The van der Waals surface area contributed by atoms with Crippen LogP contribution < -0.4 is 0 Å². The van der Waals surface area contributed by atoms with E-state index in [4.69, 9.17) is 0 Å². The summed E-state index contributed by atoms with van der Waals surface area (Å²) in [6, 6.07) is 24.5. The van der Waals surface area contributed by atoms with Crippen molar-refractivity contribution in [3.63, 3.8) is 0 Å². The molecule has 0 amide bonds. The summed E-state index contributed by atoms with van der Waals surface area (Å²) >= 11 is 0. The third-order valence-electron chi connectivity index (χ3n) is 6.42. The van der Waals surface area contributed by atoms with Crippen molar-refractivity contribution in [1.29, 1.82) is 0 Å². The molecule has 2 heteroatoms. The molecular formula is C26H22O2. The number of aldehydes is 1. The van der Waals surface area contributed by atoms with Crippen LogP contribution in [0.1, 0.15) is 44.3 Å². The highest BCUT2D eigenvalue weighted by molar-refractivity contribution is 5.74. The monoisotopic (exact) mass is 366 g/mol. The zero-order chi connectivity index (χ0) is 19.1. The van der Waals surface area contributed by atoms with Crippen molar-refractivity contribution in [3.05, 3.63) is 112 Å². The van der Waals surface area contributed by atoms with Gasteiger partial charge in [0.1, 0.15) is 6.29 Å². The number of fused-ring (bicyclic) bond motifs is 2. The molecule has 5 rings (SSSR count). The predicted octanol–water partition coefficient (Wildman–Crippen LogP) is 4.96. The van der Waals surface area contributed by atoms with E-state index in [1.165, 1.54) is 22.3 Å². The topological polar surface area (TPSA) is 37.3 Å². The number of benzene rings is 3. The SMILES string of the molecule is O=Cc1ccc(CC2(C3=Cc4ccccc4C3)Cc3ccccc3C2O)cc1. The molecule has 2 nitrogen and oxygen atoms in total. The molecule has 28 heavy (non-hydrogen) atoms. The summed E-state index contributed by atoms with van der Waals surface area (Å²) in [6.07, 6.45) is 5.09. The van der Waals surface area contributed by atoms with E-state index >= 15 is 0 Å². The standard InChI is InChI=1S/C26H22O2/c27-17-19-11-9-18(10-12-19)15-26(16-22-7-3-4-8-24(22)25(26)28)23-13-20-5-1-2-6-21(20)14-23/h1-13,17,25,28H,14-16H2. The fourth-order valence-electron chi connectivity index (χ4n) is 4.94. The number of carbonyl (C=O) groups is 1. The third-order valence-corrected chi connectivity index (χ3v) is 6.42. The van der Waals surface area contributed by atoms with Crippen LogP contribution >= 0.6 is 0 Å². The molecule has 0 aromatic heterocycles. The summed E-state index contributed by atoms with van der Waals surface area (Å²) < 4.78 is 0. The van der Waals surface area contributed by atoms with E-state index in [1.807, 2.05) is 30.3 Å². The van der Waals surface area contributed by atoms with Crippen LogP contribution in [-0.4, -0.2) is 11.4 Å². The maximum Gasteiger partial charge on any atom is 0.150 e. The normalized spacial score (nSPS) is 22.5. The van der Waals surface area contributed by atoms with Gasteiger partial charge in [-0.3, -0.25) is 4.79 Å². The van der Waals surface area contributed by atoms with Gasteiger partial charge in [0, 0.05) is 11.0 Å². The van der Waals surface area contributed by atoms with Crippen molar-refractivity contribution >= 4 is 12.4 Å². The van der Waals surface area contributed by atoms with E-state index in [0.717, 1.165) is 36.7 Å². The quantitative estimate of drug-likeness (QED) is 0.663. The second-order valence-corrected chi connectivity index (χ2v) is 8.02. The first-order valence-corrected chi connectivity index (χ1v) is 9.78. The van der Waals surface area contributed by atoms with Crippen LogP contribution in [0.4, 0.5) is 0 Å². The second kappa shape index (κ2) is 6.57. The molecule has 3 aromatic rings. The van der Waals surface area contributed by atoms with Crippen LogP contribution in [0.3, 0.4) is 0 Å². The van der Waals surface area contributed by atoms with Crippen molar-refractivity contribution in [2.24, 2.45) is 5.41 Å². The largest absolute Gasteiger partial charge is 0.387 e. The van der Waals surface area contributed by atoms with E-state index in [-0.39, 0.29) is 5.41 Å². The first-order chi connectivity index (χ1) is 13.7. The predicted molar refractivity (Wildman–Crippen MR) is 111 cm³/mol.